The maximum absolute atomic E-state index is 12.9. The second kappa shape index (κ2) is 5.45. The largest absolute Gasteiger partial charge is 0.280 e. The van der Waals surface area contributed by atoms with Gasteiger partial charge in [-0.25, -0.2) is 12.8 Å². The van der Waals surface area contributed by atoms with Crippen LogP contribution in [-0.2, 0) is 14.6 Å². The van der Waals surface area contributed by atoms with Crippen molar-refractivity contribution in [2.24, 2.45) is 5.92 Å². The van der Waals surface area contributed by atoms with Gasteiger partial charge in [-0.3, -0.25) is 10.0 Å². The molecule has 0 saturated heterocycles. The number of rotatable bonds is 4. The number of anilines is 1. The van der Waals surface area contributed by atoms with Crippen LogP contribution < -0.4 is 5.06 Å². The number of carbonyl (C=O) groups is 1. The Bertz CT molecular complexity index is 810. The van der Waals surface area contributed by atoms with Gasteiger partial charge in [0.2, 0.25) is 9.84 Å². The van der Waals surface area contributed by atoms with Gasteiger partial charge in [0.1, 0.15) is 15.0 Å². The van der Waals surface area contributed by atoms with Gasteiger partial charge in [-0.1, -0.05) is 0 Å². The van der Waals surface area contributed by atoms with Gasteiger partial charge < -0.3 is 0 Å². The quantitative estimate of drug-likeness (QED) is 0.527. The predicted molar refractivity (Wildman–Crippen MR) is 78.2 cm³/mol. The number of nitrogens with zero attached hydrogens (tertiary/aromatic N) is 1. The number of thiophene rings is 1. The van der Waals surface area contributed by atoms with Crippen LogP contribution in [0.4, 0.5) is 9.39 Å². The van der Waals surface area contributed by atoms with Crippen molar-refractivity contribution in [2.45, 2.75) is 21.9 Å². The normalized spacial score (nSPS) is 14.8. The lowest BCUT2D eigenvalue weighted by Crippen LogP contribution is -2.27. The molecule has 1 aromatic heterocycles. The monoisotopic (exact) mass is 341 g/mol. The molecule has 0 aliphatic heterocycles. The Morgan fingerprint density at radius 1 is 1.18 bits per heavy atom. The number of benzene rings is 1. The van der Waals surface area contributed by atoms with Crippen LogP contribution >= 0.6 is 11.3 Å². The Hall–Kier alpha value is -1.77. The number of amides is 1. The van der Waals surface area contributed by atoms with Crippen LogP contribution in [0.15, 0.2) is 45.5 Å². The summed E-state index contributed by atoms with van der Waals surface area (Å²) in [4.78, 5) is 11.7. The van der Waals surface area contributed by atoms with Crippen molar-refractivity contribution < 1.29 is 22.8 Å². The first-order valence-corrected chi connectivity index (χ1v) is 8.83. The summed E-state index contributed by atoms with van der Waals surface area (Å²) in [5.41, 5.74) is 0. The van der Waals surface area contributed by atoms with Crippen molar-refractivity contribution in [3.63, 3.8) is 0 Å². The van der Waals surface area contributed by atoms with E-state index >= 15 is 0 Å². The summed E-state index contributed by atoms with van der Waals surface area (Å²) >= 11 is 0.794. The summed E-state index contributed by atoms with van der Waals surface area (Å²) in [6, 6.07) is 7.18. The minimum atomic E-state index is -3.80. The second-order valence-corrected chi connectivity index (χ2v) is 8.21. The molecule has 0 atom stereocenters. The number of hydrogen-bond donors (Lipinski definition) is 1. The zero-order valence-electron chi connectivity index (χ0n) is 11.3. The van der Waals surface area contributed by atoms with E-state index in [-0.39, 0.29) is 20.0 Å². The smallest absolute Gasteiger partial charge is 0.254 e. The van der Waals surface area contributed by atoms with E-state index in [1.165, 1.54) is 24.3 Å². The third-order valence-corrected chi connectivity index (χ3v) is 6.62. The Labute approximate surface area is 130 Å². The summed E-state index contributed by atoms with van der Waals surface area (Å²) in [6.07, 6.45) is 1.48. The molecule has 22 heavy (non-hydrogen) atoms. The molecule has 1 aliphatic rings. The van der Waals surface area contributed by atoms with Crippen LogP contribution in [0.25, 0.3) is 0 Å². The Morgan fingerprint density at radius 2 is 1.82 bits per heavy atom. The summed E-state index contributed by atoms with van der Waals surface area (Å²) in [7, 11) is -3.80. The minimum absolute atomic E-state index is 0.0169. The first kappa shape index (κ1) is 15.1. The van der Waals surface area contributed by atoms with Crippen molar-refractivity contribution >= 4 is 32.1 Å². The molecular formula is C14H12FNO4S2. The summed E-state index contributed by atoms with van der Waals surface area (Å²) in [6.45, 7) is 0. The number of sulfone groups is 1. The molecule has 1 saturated carbocycles. The molecule has 0 radical (unpaired) electrons. The molecule has 1 heterocycles. The highest BCUT2D eigenvalue weighted by Gasteiger charge is 2.34. The zero-order valence-corrected chi connectivity index (χ0v) is 12.9. The van der Waals surface area contributed by atoms with Crippen molar-refractivity contribution in [3.8, 4) is 0 Å². The molecule has 116 valence electrons. The van der Waals surface area contributed by atoms with E-state index in [4.69, 9.17) is 0 Å². The summed E-state index contributed by atoms with van der Waals surface area (Å²) < 4.78 is 37.7. The number of halogens is 1. The van der Waals surface area contributed by atoms with E-state index in [9.17, 15) is 22.8 Å². The van der Waals surface area contributed by atoms with E-state index in [1.54, 1.807) is 0 Å². The van der Waals surface area contributed by atoms with Crippen LogP contribution in [0.1, 0.15) is 12.8 Å². The Kier molecular flexibility index (Phi) is 3.75. The molecule has 1 N–H and O–H groups in total. The average Bonchev–Trinajstić information content (AvgIpc) is 3.22. The van der Waals surface area contributed by atoms with E-state index in [0.717, 1.165) is 36.3 Å². The van der Waals surface area contributed by atoms with Crippen LogP contribution in [0.5, 0.6) is 0 Å². The summed E-state index contributed by atoms with van der Waals surface area (Å²) in [5, 5.41) is 10.5. The molecular weight excluding hydrogens is 329 g/mol. The summed E-state index contributed by atoms with van der Waals surface area (Å²) in [5.74, 6) is -1.13. The van der Waals surface area contributed by atoms with Crippen LogP contribution in [0.2, 0.25) is 0 Å². The highest BCUT2D eigenvalue weighted by Crippen LogP contribution is 2.36. The molecule has 5 nitrogen and oxygen atoms in total. The SMILES string of the molecule is O=C(C1CC1)N(O)c1ccc(S(=O)(=O)c2ccc(F)cc2)s1. The first-order valence-electron chi connectivity index (χ1n) is 6.53. The highest BCUT2D eigenvalue weighted by atomic mass is 32.2. The van der Waals surface area contributed by atoms with Crippen molar-refractivity contribution in [1.82, 2.24) is 0 Å². The van der Waals surface area contributed by atoms with E-state index in [0.29, 0.717) is 5.06 Å². The second-order valence-electron chi connectivity index (χ2n) is 4.97. The lowest BCUT2D eigenvalue weighted by molar-refractivity contribution is -0.124. The fourth-order valence-electron chi connectivity index (χ4n) is 1.91. The first-order chi connectivity index (χ1) is 10.4. The predicted octanol–water partition coefficient (Wildman–Crippen LogP) is 2.85. The lowest BCUT2D eigenvalue weighted by atomic mass is 10.4. The fourth-order valence-corrected chi connectivity index (χ4v) is 4.52. The molecule has 8 heteroatoms. The van der Waals surface area contributed by atoms with Gasteiger partial charge in [-0.2, -0.15) is 5.06 Å². The molecule has 3 rings (SSSR count). The van der Waals surface area contributed by atoms with Gasteiger partial charge in [0, 0.05) is 5.92 Å². The highest BCUT2D eigenvalue weighted by molar-refractivity contribution is 7.93. The van der Waals surface area contributed by atoms with Gasteiger partial charge in [0.15, 0.2) is 0 Å². The topological polar surface area (TPSA) is 74.7 Å². The number of carbonyl (C=O) groups excluding carboxylic acids is 1. The van der Waals surface area contributed by atoms with Gasteiger partial charge >= 0.3 is 0 Å². The maximum atomic E-state index is 12.9. The van der Waals surface area contributed by atoms with Crippen molar-refractivity contribution in [3.05, 3.63) is 42.2 Å². The van der Waals surface area contributed by atoms with Gasteiger partial charge in [0.05, 0.1) is 4.90 Å². The molecule has 2 aromatic rings. The van der Waals surface area contributed by atoms with Gasteiger partial charge in [0.25, 0.3) is 5.91 Å². The number of hydroxylamine groups is 1. The molecule has 1 aliphatic carbocycles. The van der Waals surface area contributed by atoms with E-state index in [1.807, 2.05) is 0 Å². The van der Waals surface area contributed by atoms with E-state index < -0.39 is 21.6 Å². The van der Waals surface area contributed by atoms with Gasteiger partial charge in [-0.15, -0.1) is 11.3 Å². The average molecular weight is 341 g/mol. The van der Waals surface area contributed by atoms with Crippen LogP contribution in [0, 0.1) is 11.7 Å². The lowest BCUT2D eigenvalue weighted by Gasteiger charge is -2.11. The number of hydrogen-bond acceptors (Lipinski definition) is 5. The van der Waals surface area contributed by atoms with Crippen LogP contribution in [0.3, 0.4) is 0 Å². The molecule has 1 fully saturated rings. The van der Waals surface area contributed by atoms with Crippen molar-refractivity contribution in [1.29, 1.82) is 0 Å². The van der Waals surface area contributed by atoms with Crippen molar-refractivity contribution in [2.75, 3.05) is 5.06 Å². The Morgan fingerprint density at radius 3 is 2.41 bits per heavy atom. The van der Waals surface area contributed by atoms with Crippen LogP contribution in [-0.4, -0.2) is 19.5 Å². The Balaban J connectivity index is 1.89. The maximum Gasteiger partial charge on any atom is 0.254 e. The fraction of sp³-hybridized carbons (Fsp3) is 0.214. The zero-order chi connectivity index (χ0) is 15.9. The third-order valence-electron chi connectivity index (χ3n) is 3.30. The van der Waals surface area contributed by atoms with E-state index in [2.05, 4.69) is 0 Å². The van der Waals surface area contributed by atoms with Gasteiger partial charge in [-0.05, 0) is 49.2 Å². The minimum Gasteiger partial charge on any atom is -0.280 e. The molecule has 1 aromatic carbocycles. The molecule has 0 spiro atoms. The standard InChI is InChI=1S/C14H12FNO4S2/c15-10-3-5-11(6-4-10)22(19,20)13-8-7-12(21-13)16(18)14(17)9-1-2-9/h3-9,18H,1-2H2. The third kappa shape index (κ3) is 2.77. The molecule has 0 unspecified atom stereocenters. The molecule has 1 amide bonds. The molecule has 0 bridgehead atoms.